The van der Waals surface area contributed by atoms with E-state index in [-0.39, 0.29) is 6.67 Å². The summed E-state index contributed by atoms with van der Waals surface area (Å²) in [6.07, 6.45) is 3.63. The van der Waals surface area contributed by atoms with E-state index in [4.69, 9.17) is 0 Å². The van der Waals surface area contributed by atoms with Crippen molar-refractivity contribution in [1.82, 2.24) is 0 Å². The van der Waals surface area contributed by atoms with Crippen LogP contribution in [0.5, 0.6) is 0 Å². The maximum atomic E-state index is 11.5. The predicted molar refractivity (Wildman–Crippen MR) is 34.6 cm³/mol. The number of allylic oxidation sites excluding steroid dienone is 2. The first-order valence-electron chi connectivity index (χ1n) is 3.09. The molecular formula is C7H13F. The number of hydrogen-bond acceptors (Lipinski definition) is 0. The van der Waals surface area contributed by atoms with Gasteiger partial charge in [-0.1, -0.05) is 25.5 Å². The van der Waals surface area contributed by atoms with E-state index in [0.717, 1.165) is 12.8 Å². The van der Waals surface area contributed by atoms with Gasteiger partial charge in [0, 0.05) is 0 Å². The lowest BCUT2D eigenvalue weighted by Gasteiger charge is -1.94. The normalized spacial score (nSPS) is 8.88. The second-order valence-electron chi connectivity index (χ2n) is 1.72. The van der Waals surface area contributed by atoms with Crippen molar-refractivity contribution in [1.29, 1.82) is 0 Å². The molecule has 0 aliphatic rings. The van der Waals surface area contributed by atoms with Crippen molar-refractivity contribution in [2.75, 3.05) is 6.67 Å². The molecule has 0 fully saturated rings. The Morgan fingerprint density at radius 3 is 2.00 bits per heavy atom. The van der Waals surface area contributed by atoms with Crippen LogP contribution in [-0.2, 0) is 0 Å². The Labute approximate surface area is 50.4 Å². The summed E-state index contributed by atoms with van der Waals surface area (Å²) in [5, 5.41) is 0. The second kappa shape index (κ2) is 4.82. The smallest absolute Gasteiger partial charge is 0.108 e. The Hall–Kier alpha value is -0.330. The van der Waals surface area contributed by atoms with Crippen LogP contribution in [0.1, 0.15) is 26.7 Å². The summed E-state index contributed by atoms with van der Waals surface area (Å²) in [6.45, 7) is 3.78. The minimum absolute atomic E-state index is 0.309. The number of alkyl halides is 1. The molecule has 0 amide bonds. The van der Waals surface area contributed by atoms with Gasteiger partial charge in [-0.25, -0.2) is 4.39 Å². The molecule has 0 spiro atoms. The van der Waals surface area contributed by atoms with Gasteiger partial charge in [-0.05, 0) is 12.8 Å². The molecule has 0 saturated heterocycles. The van der Waals surface area contributed by atoms with Gasteiger partial charge < -0.3 is 0 Å². The van der Waals surface area contributed by atoms with Crippen molar-refractivity contribution in [2.45, 2.75) is 26.7 Å². The maximum absolute atomic E-state index is 11.5. The van der Waals surface area contributed by atoms with Crippen LogP contribution in [0, 0.1) is 0 Å². The molecule has 8 heavy (non-hydrogen) atoms. The lowest BCUT2D eigenvalue weighted by atomic mass is 10.1. The minimum atomic E-state index is -0.309. The molecule has 0 heterocycles. The lowest BCUT2D eigenvalue weighted by molar-refractivity contribution is 0.558. The van der Waals surface area contributed by atoms with Crippen molar-refractivity contribution in [3.63, 3.8) is 0 Å². The van der Waals surface area contributed by atoms with Gasteiger partial charge in [0.1, 0.15) is 6.67 Å². The Balaban J connectivity index is 3.49. The second-order valence-corrected chi connectivity index (χ2v) is 1.72. The molecule has 0 unspecified atom stereocenters. The van der Waals surface area contributed by atoms with Crippen LogP contribution in [0.3, 0.4) is 0 Å². The highest BCUT2D eigenvalue weighted by Gasteiger charge is 1.85. The molecule has 0 atom stereocenters. The molecule has 0 aromatic heterocycles. The standard InChI is InChI=1S/C7H13F/c1-3-7(4-2)5-6-8/h5H,3-4,6H2,1-2H3. The van der Waals surface area contributed by atoms with E-state index < -0.39 is 0 Å². The van der Waals surface area contributed by atoms with Crippen molar-refractivity contribution in [3.8, 4) is 0 Å². The van der Waals surface area contributed by atoms with Crippen molar-refractivity contribution < 1.29 is 4.39 Å². The summed E-state index contributed by atoms with van der Waals surface area (Å²) < 4.78 is 11.5. The summed E-state index contributed by atoms with van der Waals surface area (Å²) >= 11 is 0. The lowest BCUT2D eigenvalue weighted by Crippen LogP contribution is -1.77. The monoisotopic (exact) mass is 116 g/mol. The van der Waals surface area contributed by atoms with Gasteiger partial charge in [0.2, 0.25) is 0 Å². The van der Waals surface area contributed by atoms with E-state index in [1.165, 1.54) is 5.57 Å². The first kappa shape index (κ1) is 7.67. The van der Waals surface area contributed by atoms with Crippen LogP contribution in [0.4, 0.5) is 4.39 Å². The highest BCUT2D eigenvalue weighted by atomic mass is 19.1. The fraction of sp³-hybridized carbons (Fsp3) is 0.714. The summed E-state index contributed by atoms with van der Waals surface area (Å²) in [5.74, 6) is 0. The molecule has 0 aliphatic carbocycles. The van der Waals surface area contributed by atoms with E-state index in [0.29, 0.717) is 0 Å². The van der Waals surface area contributed by atoms with Crippen LogP contribution < -0.4 is 0 Å². The predicted octanol–water partition coefficient (Wildman–Crippen LogP) is 2.70. The highest BCUT2D eigenvalue weighted by molar-refractivity contribution is 4.99. The summed E-state index contributed by atoms with van der Waals surface area (Å²) in [4.78, 5) is 0. The zero-order valence-corrected chi connectivity index (χ0v) is 5.58. The average Bonchev–Trinajstić information content (AvgIpc) is 1.83. The van der Waals surface area contributed by atoms with Gasteiger partial charge in [0.05, 0.1) is 0 Å². The fourth-order valence-electron chi connectivity index (χ4n) is 0.648. The highest BCUT2D eigenvalue weighted by Crippen LogP contribution is 2.03. The quantitative estimate of drug-likeness (QED) is 0.497. The van der Waals surface area contributed by atoms with E-state index in [2.05, 4.69) is 0 Å². The molecule has 0 N–H and O–H groups in total. The Morgan fingerprint density at radius 1 is 1.38 bits per heavy atom. The molecule has 0 bridgehead atoms. The molecule has 0 nitrogen and oxygen atoms in total. The third kappa shape index (κ3) is 2.78. The molecule has 48 valence electrons. The molecule has 0 aromatic rings. The topological polar surface area (TPSA) is 0 Å². The van der Waals surface area contributed by atoms with Crippen LogP contribution in [0.15, 0.2) is 11.6 Å². The van der Waals surface area contributed by atoms with Gasteiger partial charge in [-0.3, -0.25) is 0 Å². The summed E-state index contributed by atoms with van der Waals surface area (Å²) in [7, 11) is 0. The fourth-order valence-corrected chi connectivity index (χ4v) is 0.648. The molecule has 0 saturated carbocycles. The largest absolute Gasteiger partial charge is 0.247 e. The third-order valence-electron chi connectivity index (χ3n) is 1.27. The van der Waals surface area contributed by atoms with Crippen LogP contribution in [0.25, 0.3) is 0 Å². The van der Waals surface area contributed by atoms with E-state index >= 15 is 0 Å². The minimum Gasteiger partial charge on any atom is -0.247 e. The first-order chi connectivity index (χ1) is 3.85. The van der Waals surface area contributed by atoms with Gasteiger partial charge in [-0.2, -0.15) is 0 Å². The Bertz CT molecular complexity index is 68.5. The number of halogens is 1. The van der Waals surface area contributed by atoms with Crippen molar-refractivity contribution in [2.24, 2.45) is 0 Å². The van der Waals surface area contributed by atoms with Crippen molar-refractivity contribution >= 4 is 0 Å². The molecule has 1 heteroatoms. The first-order valence-corrected chi connectivity index (χ1v) is 3.09. The van der Waals surface area contributed by atoms with E-state index in [1.807, 2.05) is 13.8 Å². The van der Waals surface area contributed by atoms with Crippen LogP contribution in [-0.4, -0.2) is 6.67 Å². The van der Waals surface area contributed by atoms with Crippen LogP contribution >= 0.6 is 0 Å². The third-order valence-corrected chi connectivity index (χ3v) is 1.27. The maximum Gasteiger partial charge on any atom is 0.108 e. The Morgan fingerprint density at radius 2 is 1.88 bits per heavy atom. The summed E-state index contributed by atoms with van der Waals surface area (Å²) in [6, 6.07) is 0. The van der Waals surface area contributed by atoms with Gasteiger partial charge >= 0.3 is 0 Å². The molecule has 0 aliphatic heterocycles. The van der Waals surface area contributed by atoms with Gasteiger partial charge in [-0.15, -0.1) is 0 Å². The molecule has 0 rings (SSSR count). The number of hydrogen-bond donors (Lipinski definition) is 0. The zero-order valence-electron chi connectivity index (χ0n) is 5.58. The molecule has 0 radical (unpaired) electrons. The summed E-state index contributed by atoms with van der Waals surface area (Å²) in [5.41, 5.74) is 1.22. The SMILES string of the molecule is CCC(=CCF)CC. The average molecular weight is 116 g/mol. The van der Waals surface area contributed by atoms with Crippen molar-refractivity contribution in [3.05, 3.63) is 11.6 Å². The zero-order chi connectivity index (χ0) is 6.41. The molecular weight excluding hydrogens is 103 g/mol. The number of rotatable bonds is 3. The Kier molecular flexibility index (Phi) is 4.62. The van der Waals surface area contributed by atoms with Gasteiger partial charge in [0.15, 0.2) is 0 Å². The van der Waals surface area contributed by atoms with E-state index in [1.54, 1.807) is 6.08 Å². The van der Waals surface area contributed by atoms with E-state index in [9.17, 15) is 4.39 Å². The molecule has 0 aromatic carbocycles. The van der Waals surface area contributed by atoms with Crippen LogP contribution in [0.2, 0.25) is 0 Å². The van der Waals surface area contributed by atoms with Gasteiger partial charge in [0.25, 0.3) is 0 Å².